The molecular weight excluding hydrogens is 430 g/mol. The van der Waals surface area contributed by atoms with Gasteiger partial charge < -0.3 is 24.8 Å². The summed E-state index contributed by atoms with van der Waals surface area (Å²) < 4.78 is 0. The summed E-state index contributed by atoms with van der Waals surface area (Å²) >= 11 is 1.74. The molecule has 24 heavy (non-hydrogen) atoms. The van der Waals surface area contributed by atoms with E-state index in [4.69, 9.17) is 0 Å². The molecule has 0 unspecified atom stereocenters. The fourth-order valence-electron chi connectivity index (χ4n) is 2.06. The normalized spacial score (nSPS) is 8.75. The monoisotopic (exact) mass is 460 g/mol. The van der Waals surface area contributed by atoms with Crippen molar-refractivity contribution in [2.75, 3.05) is 0 Å². The van der Waals surface area contributed by atoms with Gasteiger partial charge in [0.15, 0.2) is 0 Å². The van der Waals surface area contributed by atoms with E-state index in [0.717, 1.165) is 12.8 Å². The Morgan fingerprint density at radius 2 is 1.04 bits per heavy atom. The Bertz CT molecular complexity index is 493. The fraction of sp³-hybridized carbons (Fsp3) is 0.500. The van der Waals surface area contributed by atoms with Crippen LogP contribution in [-0.2, 0) is 36.2 Å². The number of halogens is 2. The predicted octanol–water partition coefficient (Wildman–Crippen LogP) is -0.0382. The van der Waals surface area contributed by atoms with E-state index >= 15 is 0 Å². The molecule has 0 radical (unpaired) electrons. The zero-order valence-electron chi connectivity index (χ0n) is 16.5. The second-order valence-electron chi connectivity index (χ2n) is 6.17. The van der Waals surface area contributed by atoms with Gasteiger partial charge in [-0.15, -0.1) is 0 Å². The van der Waals surface area contributed by atoms with Gasteiger partial charge in [0.2, 0.25) is 0 Å². The van der Waals surface area contributed by atoms with Crippen molar-refractivity contribution in [3.05, 3.63) is 57.6 Å². The topological polar surface area (TPSA) is 0 Å². The third-order valence-electron chi connectivity index (χ3n) is 3.67. The molecule has 0 nitrogen and oxygen atoms in total. The average Bonchev–Trinajstić information content (AvgIpc) is 2.93. The van der Waals surface area contributed by atoms with Crippen LogP contribution in [-0.4, -0.2) is 5.43 Å². The van der Waals surface area contributed by atoms with Crippen molar-refractivity contribution in [3.63, 3.8) is 0 Å². The summed E-state index contributed by atoms with van der Waals surface area (Å²) in [6.07, 6.45) is 2.32. The van der Waals surface area contributed by atoms with Crippen LogP contribution >= 0.6 is 0 Å². The molecule has 4 heteroatoms. The van der Waals surface area contributed by atoms with E-state index in [0.29, 0.717) is 0 Å². The molecule has 0 fully saturated rings. The minimum Gasteiger partial charge on any atom is -1.00 e. The Morgan fingerprint density at radius 1 is 0.792 bits per heavy atom. The van der Waals surface area contributed by atoms with E-state index < -0.39 is 0 Å². The zero-order valence-corrected chi connectivity index (χ0v) is 21.4. The van der Waals surface area contributed by atoms with Crippen LogP contribution in [0.3, 0.4) is 0 Å². The smallest absolute Gasteiger partial charge is 1.00 e. The third-order valence-corrected chi connectivity index (χ3v) is 3.67. The summed E-state index contributed by atoms with van der Waals surface area (Å²) in [5, 5.41) is 0. The molecular formula is C20H32Cl2SiZr-2. The number of rotatable bonds is 2. The van der Waals surface area contributed by atoms with Crippen LogP contribution in [0.4, 0.5) is 0 Å². The summed E-state index contributed by atoms with van der Waals surface area (Å²) in [7, 11) is 0. The van der Waals surface area contributed by atoms with Crippen molar-refractivity contribution in [1.29, 1.82) is 0 Å². The molecule has 136 valence electrons. The molecule has 0 atom stereocenters. The Kier molecular flexibility index (Phi) is 19.0. The molecule has 0 aliphatic heterocycles. The molecule has 0 N–H and O–H groups in total. The van der Waals surface area contributed by atoms with Crippen molar-refractivity contribution in [2.45, 2.75) is 67.5 Å². The Hall–Kier alpha value is 0.380. The Labute approximate surface area is 177 Å². The fourth-order valence-corrected chi connectivity index (χ4v) is 2.06. The summed E-state index contributed by atoms with van der Waals surface area (Å²) in [6.45, 7) is 17.6. The predicted molar refractivity (Wildman–Crippen MR) is 99.3 cm³/mol. The first-order chi connectivity index (χ1) is 10.2. The molecule has 0 aliphatic carbocycles. The third kappa shape index (κ3) is 12.7. The van der Waals surface area contributed by atoms with Crippen molar-refractivity contribution >= 4 is 5.43 Å². The molecule has 2 aromatic rings. The molecule has 0 aromatic heterocycles. The van der Waals surface area contributed by atoms with Crippen LogP contribution in [0, 0.1) is 27.7 Å². The molecule has 0 heterocycles. The molecule has 0 saturated heterocycles. The van der Waals surface area contributed by atoms with Gasteiger partial charge in [-0.1, -0.05) is 54.4 Å². The van der Waals surface area contributed by atoms with Crippen LogP contribution in [0.15, 0.2) is 24.3 Å². The molecule has 0 saturated carbocycles. The second kappa shape index (κ2) is 15.6. The van der Waals surface area contributed by atoms with Crippen LogP contribution in [0.5, 0.6) is 0 Å². The first kappa shape index (κ1) is 29.2. The molecule has 0 spiro atoms. The number of aryl methyl sites for hydroxylation is 6. The van der Waals surface area contributed by atoms with Gasteiger partial charge in [0.25, 0.3) is 0 Å². The molecule has 2 rings (SSSR count). The van der Waals surface area contributed by atoms with Crippen LogP contribution in [0.25, 0.3) is 0 Å². The average molecular weight is 463 g/mol. The van der Waals surface area contributed by atoms with Crippen LogP contribution < -0.4 is 24.8 Å². The summed E-state index contributed by atoms with van der Waals surface area (Å²) in [6, 6.07) is 9.04. The van der Waals surface area contributed by atoms with Gasteiger partial charge in [0.1, 0.15) is 0 Å². The molecule has 0 bridgehead atoms. The summed E-state index contributed by atoms with van der Waals surface area (Å²) in [5.74, 6) is 0. The van der Waals surface area contributed by atoms with E-state index in [2.05, 4.69) is 78.9 Å². The largest absolute Gasteiger partial charge is 1.00 e. The number of hydrogen-bond donors (Lipinski definition) is 0. The van der Waals surface area contributed by atoms with Gasteiger partial charge in [-0.2, -0.15) is 45.5 Å². The van der Waals surface area contributed by atoms with Gasteiger partial charge in [-0.25, -0.2) is 12.1 Å². The van der Waals surface area contributed by atoms with E-state index in [1.807, 2.05) is 0 Å². The van der Waals surface area contributed by atoms with Crippen molar-refractivity contribution < 1.29 is 48.1 Å². The van der Waals surface area contributed by atoms with Gasteiger partial charge in [0.05, 0.1) is 0 Å². The Morgan fingerprint density at radius 3 is 1.12 bits per heavy atom. The first-order valence-corrected chi connectivity index (χ1v) is 14.4. The molecule has 0 aliphatic rings. The minimum absolute atomic E-state index is 0. The maximum Gasteiger partial charge on any atom is -1.00 e. The standard InChI is InChI=1S/2C9H13.C2H6Si.2ClH.Zr/c2*1-4-9-5-7(2)8(3)6-9;1-3-2;;;/h2*5-6H,4H2,1-3H3;1-2H3;2*1H;/q2*-1;;;;+2/p-2. The van der Waals surface area contributed by atoms with Crippen LogP contribution in [0.1, 0.15) is 47.2 Å². The first-order valence-electron chi connectivity index (χ1n) is 8.18. The van der Waals surface area contributed by atoms with E-state index in [9.17, 15) is 0 Å². The van der Waals surface area contributed by atoms with Crippen molar-refractivity contribution in [1.82, 2.24) is 0 Å². The van der Waals surface area contributed by atoms with E-state index in [1.54, 1.807) is 23.3 Å². The summed E-state index contributed by atoms with van der Waals surface area (Å²) in [5.41, 5.74) is 8.83. The number of hydrogen-bond acceptors (Lipinski definition) is 0. The van der Waals surface area contributed by atoms with Gasteiger partial charge in [0, 0.05) is 0 Å². The van der Waals surface area contributed by atoms with Gasteiger partial charge >= 0.3 is 41.9 Å². The summed E-state index contributed by atoms with van der Waals surface area (Å²) in [4.78, 5) is 0. The maximum absolute atomic E-state index is 2.31. The molecule has 2 aromatic carbocycles. The minimum atomic E-state index is 0. The van der Waals surface area contributed by atoms with Gasteiger partial charge in [-0.05, 0) is 0 Å². The van der Waals surface area contributed by atoms with Crippen molar-refractivity contribution in [2.24, 2.45) is 0 Å². The van der Waals surface area contributed by atoms with E-state index in [1.165, 1.54) is 33.4 Å². The zero-order chi connectivity index (χ0) is 17.3. The quantitative estimate of drug-likeness (QED) is 0.434. The van der Waals surface area contributed by atoms with Crippen molar-refractivity contribution in [3.8, 4) is 0 Å². The maximum atomic E-state index is 2.31. The van der Waals surface area contributed by atoms with E-state index in [-0.39, 0.29) is 30.2 Å². The Balaban J connectivity index is -0.000000283. The second-order valence-corrected chi connectivity index (χ2v) is 15.5. The van der Waals surface area contributed by atoms with Crippen LogP contribution in [0.2, 0.25) is 13.1 Å². The SMILES string of the molecule is CCc1cc(C)c(C)[cH-]1.CCc1cc(C)c(C)[cH-]1.C[Si](C)=[Zr+2].[Cl-].[Cl-]. The molecule has 0 amide bonds. The van der Waals surface area contributed by atoms with Gasteiger partial charge in [-0.3, -0.25) is 0 Å².